The molecule has 1 amide bonds. The predicted octanol–water partition coefficient (Wildman–Crippen LogP) is 3.13. The van der Waals surface area contributed by atoms with Gasteiger partial charge in [-0.2, -0.15) is 14.0 Å². The van der Waals surface area contributed by atoms with Crippen LogP contribution < -0.4 is 10.1 Å². The number of nitriles is 1. The highest BCUT2D eigenvalue weighted by atomic mass is 19.2. The van der Waals surface area contributed by atoms with Crippen LogP contribution in [0.2, 0.25) is 0 Å². The summed E-state index contributed by atoms with van der Waals surface area (Å²) in [6.45, 7) is -0.881. The molecule has 2 rings (SSSR count). The maximum atomic E-state index is 13.3. The molecular weight excluding hydrogens is 316 g/mol. The van der Waals surface area contributed by atoms with Crippen molar-refractivity contribution >= 4 is 11.6 Å². The largest absolute Gasteiger partial charge is 0.477 e. The van der Waals surface area contributed by atoms with Gasteiger partial charge in [-0.1, -0.05) is 6.07 Å². The van der Waals surface area contributed by atoms with Crippen molar-refractivity contribution in [3.8, 4) is 11.8 Å². The van der Waals surface area contributed by atoms with E-state index >= 15 is 0 Å². The van der Waals surface area contributed by atoms with E-state index in [1.807, 2.05) is 6.07 Å². The summed E-state index contributed by atoms with van der Waals surface area (Å²) in [5.74, 6) is -8.89. The highest BCUT2D eigenvalue weighted by Gasteiger charge is 2.21. The summed E-state index contributed by atoms with van der Waals surface area (Å²) in [6, 6.07) is 7.75. The molecule has 0 aliphatic carbocycles. The minimum absolute atomic E-state index is 0.0327. The summed E-state index contributed by atoms with van der Waals surface area (Å²) >= 11 is 0. The zero-order valence-electron chi connectivity index (χ0n) is 11.4. The van der Waals surface area contributed by atoms with Crippen LogP contribution in [0.25, 0.3) is 0 Å². The molecular formula is C15H8F4N2O2. The Kier molecular flexibility index (Phi) is 4.81. The molecule has 8 heteroatoms. The van der Waals surface area contributed by atoms with Crippen molar-refractivity contribution in [2.24, 2.45) is 0 Å². The quantitative estimate of drug-likeness (QED) is 0.694. The summed E-state index contributed by atoms with van der Waals surface area (Å²) in [5, 5.41) is 11.0. The van der Waals surface area contributed by atoms with E-state index in [0.29, 0.717) is 0 Å². The molecule has 0 heterocycles. The van der Waals surface area contributed by atoms with Crippen LogP contribution in [0.4, 0.5) is 23.2 Å². The monoisotopic (exact) mass is 324 g/mol. The van der Waals surface area contributed by atoms with Crippen molar-refractivity contribution in [2.75, 3.05) is 11.9 Å². The second kappa shape index (κ2) is 6.79. The molecule has 4 nitrogen and oxygen atoms in total. The SMILES string of the molecule is N#Cc1cccc(NC(=O)COc2c(F)c(F)cc(F)c2F)c1. The van der Waals surface area contributed by atoms with Crippen LogP contribution in [0, 0.1) is 34.6 Å². The molecule has 0 aromatic heterocycles. The lowest BCUT2D eigenvalue weighted by Crippen LogP contribution is -2.21. The minimum Gasteiger partial charge on any atom is -0.477 e. The number of anilines is 1. The molecule has 0 spiro atoms. The summed E-state index contributed by atoms with van der Waals surface area (Å²) in [5.41, 5.74) is 0.539. The number of carbonyl (C=O) groups is 1. The molecule has 1 N–H and O–H groups in total. The van der Waals surface area contributed by atoms with Crippen LogP contribution in [0.1, 0.15) is 5.56 Å². The van der Waals surface area contributed by atoms with Gasteiger partial charge in [-0.15, -0.1) is 0 Å². The number of ether oxygens (including phenoxy) is 1. The molecule has 0 radical (unpaired) electrons. The fourth-order valence-electron chi connectivity index (χ4n) is 1.68. The average molecular weight is 324 g/mol. The maximum Gasteiger partial charge on any atom is 0.262 e. The topological polar surface area (TPSA) is 62.1 Å². The lowest BCUT2D eigenvalue weighted by molar-refractivity contribution is -0.118. The van der Waals surface area contributed by atoms with E-state index in [4.69, 9.17) is 5.26 Å². The van der Waals surface area contributed by atoms with E-state index < -0.39 is 41.5 Å². The molecule has 0 fully saturated rings. The Morgan fingerprint density at radius 3 is 2.39 bits per heavy atom. The summed E-state index contributed by atoms with van der Waals surface area (Å²) in [7, 11) is 0. The van der Waals surface area contributed by atoms with Gasteiger partial charge in [-0.05, 0) is 18.2 Å². The van der Waals surface area contributed by atoms with Crippen LogP contribution >= 0.6 is 0 Å². The van der Waals surface area contributed by atoms with Gasteiger partial charge in [0, 0.05) is 11.8 Å². The number of hydrogen-bond acceptors (Lipinski definition) is 3. The first-order valence-electron chi connectivity index (χ1n) is 6.18. The van der Waals surface area contributed by atoms with Crippen molar-refractivity contribution in [3.63, 3.8) is 0 Å². The highest BCUT2D eigenvalue weighted by molar-refractivity contribution is 5.92. The minimum atomic E-state index is -1.73. The van der Waals surface area contributed by atoms with E-state index in [1.54, 1.807) is 0 Å². The number of benzene rings is 2. The summed E-state index contributed by atoms with van der Waals surface area (Å²) in [6.07, 6.45) is 0. The zero-order chi connectivity index (χ0) is 17.0. The van der Waals surface area contributed by atoms with E-state index in [-0.39, 0.29) is 17.3 Å². The van der Waals surface area contributed by atoms with Gasteiger partial charge in [0.1, 0.15) is 0 Å². The number of nitrogens with one attached hydrogen (secondary N) is 1. The second-order valence-corrected chi connectivity index (χ2v) is 4.33. The molecule has 2 aromatic rings. The van der Waals surface area contributed by atoms with Gasteiger partial charge >= 0.3 is 0 Å². The zero-order valence-corrected chi connectivity index (χ0v) is 11.4. The Hall–Kier alpha value is -3.08. The fourth-order valence-corrected chi connectivity index (χ4v) is 1.68. The highest BCUT2D eigenvalue weighted by Crippen LogP contribution is 2.26. The molecule has 0 atom stereocenters. The van der Waals surface area contributed by atoms with Gasteiger partial charge in [0.05, 0.1) is 11.6 Å². The maximum absolute atomic E-state index is 13.3. The second-order valence-electron chi connectivity index (χ2n) is 4.33. The van der Waals surface area contributed by atoms with Crippen LogP contribution in [-0.2, 0) is 4.79 Å². The number of rotatable bonds is 4. The Labute approximate surface area is 127 Å². The summed E-state index contributed by atoms with van der Waals surface area (Å²) < 4.78 is 57.2. The van der Waals surface area contributed by atoms with Crippen molar-refractivity contribution in [3.05, 3.63) is 59.2 Å². The molecule has 0 saturated carbocycles. The predicted molar refractivity (Wildman–Crippen MR) is 71.6 cm³/mol. The Bertz CT molecular complexity index is 777. The van der Waals surface area contributed by atoms with Gasteiger partial charge in [0.2, 0.25) is 11.6 Å². The van der Waals surface area contributed by atoms with E-state index in [1.165, 1.54) is 24.3 Å². The van der Waals surface area contributed by atoms with Crippen LogP contribution in [0.15, 0.2) is 30.3 Å². The third-order valence-corrected chi connectivity index (χ3v) is 2.69. The Balaban J connectivity index is 2.07. The first kappa shape index (κ1) is 16.3. The third-order valence-electron chi connectivity index (χ3n) is 2.69. The van der Waals surface area contributed by atoms with Crippen molar-refractivity contribution in [1.29, 1.82) is 5.26 Å². The smallest absolute Gasteiger partial charge is 0.262 e. The molecule has 118 valence electrons. The van der Waals surface area contributed by atoms with E-state index in [2.05, 4.69) is 10.1 Å². The molecule has 0 aliphatic heterocycles. The number of hydrogen-bond donors (Lipinski definition) is 1. The number of amides is 1. The van der Waals surface area contributed by atoms with Gasteiger partial charge in [0.25, 0.3) is 5.91 Å². The van der Waals surface area contributed by atoms with Crippen molar-refractivity contribution in [2.45, 2.75) is 0 Å². The van der Waals surface area contributed by atoms with Crippen LogP contribution in [0.3, 0.4) is 0 Å². The lowest BCUT2D eigenvalue weighted by Gasteiger charge is -2.10. The van der Waals surface area contributed by atoms with E-state index in [9.17, 15) is 22.4 Å². The van der Waals surface area contributed by atoms with Crippen LogP contribution in [0.5, 0.6) is 5.75 Å². The lowest BCUT2D eigenvalue weighted by atomic mass is 10.2. The van der Waals surface area contributed by atoms with Gasteiger partial charge < -0.3 is 10.1 Å². The Morgan fingerprint density at radius 2 is 1.78 bits per heavy atom. The average Bonchev–Trinajstić information content (AvgIpc) is 2.53. The third kappa shape index (κ3) is 3.77. The molecule has 23 heavy (non-hydrogen) atoms. The standard InChI is InChI=1S/C15H8F4N2O2/c16-10-5-11(17)14(19)15(13(10)18)23-7-12(22)21-9-3-1-2-8(4-9)6-20/h1-5H,7H2,(H,21,22). The first-order chi connectivity index (χ1) is 10.9. The summed E-state index contributed by atoms with van der Waals surface area (Å²) in [4.78, 5) is 11.6. The van der Waals surface area contributed by atoms with E-state index in [0.717, 1.165) is 0 Å². The Morgan fingerprint density at radius 1 is 1.13 bits per heavy atom. The van der Waals surface area contributed by atoms with Gasteiger partial charge in [-0.3, -0.25) is 4.79 Å². The number of nitrogens with zero attached hydrogens (tertiary/aromatic N) is 1. The molecule has 0 bridgehead atoms. The van der Waals surface area contributed by atoms with Gasteiger partial charge in [0.15, 0.2) is 24.0 Å². The normalized spacial score (nSPS) is 10.0. The number of halogens is 4. The fraction of sp³-hybridized carbons (Fsp3) is 0.0667. The first-order valence-corrected chi connectivity index (χ1v) is 6.18. The molecule has 0 saturated heterocycles. The molecule has 0 unspecified atom stereocenters. The van der Waals surface area contributed by atoms with Crippen molar-refractivity contribution < 1.29 is 27.1 Å². The molecule has 2 aromatic carbocycles. The van der Waals surface area contributed by atoms with Crippen LogP contribution in [-0.4, -0.2) is 12.5 Å². The molecule has 0 aliphatic rings. The van der Waals surface area contributed by atoms with Gasteiger partial charge in [-0.25, -0.2) is 8.78 Å². The number of carbonyl (C=O) groups excluding carboxylic acids is 1. The van der Waals surface area contributed by atoms with Crippen molar-refractivity contribution in [1.82, 2.24) is 0 Å².